The first-order chi connectivity index (χ1) is 15.5. The van der Waals surface area contributed by atoms with Gasteiger partial charge < -0.3 is 14.2 Å². The summed E-state index contributed by atoms with van der Waals surface area (Å²) in [6, 6.07) is 11.5. The van der Waals surface area contributed by atoms with Crippen LogP contribution in [0.25, 0.3) is 10.2 Å². The average Bonchev–Trinajstić information content (AvgIpc) is 3.27. The van der Waals surface area contributed by atoms with Gasteiger partial charge in [-0.25, -0.2) is 9.37 Å². The zero-order chi connectivity index (χ0) is 22.7. The number of para-hydroxylation sites is 1. The fraction of sp³-hybridized carbons (Fsp3) is 0.174. The molecule has 0 fully saturated rings. The van der Waals surface area contributed by atoms with E-state index in [4.69, 9.17) is 14.2 Å². The maximum absolute atomic E-state index is 14.3. The van der Waals surface area contributed by atoms with E-state index in [1.54, 1.807) is 42.7 Å². The largest absolute Gasteiger partial charge is 0.493 e. The van der Waals surface area contributed by atoms with Crippen LogP contribution in [0.4, 0.5) is 9.52 Å². The molecule has 0 bridgehead atoms. The van der Waals surface area contributed by atoms with Gasteiger partial charge in [0.15, 0.2) is 16.6 Å². The third kappa shape index (κ3) is 4.06. The topological polar surface area (TPSA) is 73.8 Å². The number of anilines is 1. The number of carbonyl (C=O) groups is 1. The van der Waals surface area contributed by atoms with Crippen LogP contribution in [-0.2, 0) is 6.54 Å². The van der Waals surface area contributed by atoms with Crippen molar-refractivity contribution in [1.82, 2.24) is 9.97 Å². The highest BCUT2D eigenvalue weighted by molar-refractivity contribution is 7.22. The third-order valence-electron chi connectivity index (χ3n) is 4.81. The Kier molecular flexibility index (Phi) is 6.18. The molecule has 0 N–H and O–H groups in total. The van der Waals surface area contributed by atoms with Crippen molar-refractivity contribution in [3.63, 3.8) is 0 Å². The second kappa shape index (κ2) is 9.19. The Morgan fingerprint density at radius 3 is 2.41 bits per heavy atom. The van der Waals surface area contributed by atoms with Crippen molar-refractivity contribution in [2.45, 2.75) is 6.54 Å². The van der Waals surface area contributed by atoms with Crippen LogP contribution in [0.15, 0.2) is 54.9 Å². The average molecular weight is 453 g/mol. The summed E-state index contributed by atoms with van der Waals surface area (Å²) in [5.41, 5.74) is 1.33. The Bertz CT molecular complexity index is 1240. The van der Waals surface area contributed by atoms with Gasteiger partial charge in [-0.15, -0.1) is 0 Å². The van der Waals surface area contributed by atoms with E-state index in [-0.39, 0.29) is 18.0 Å². The van der Waals surface area contributed by atoms with Gasteiger partial charge in [0.05, 0.1) is 32.6 Å². The molecule has 0 unspecified atom stereocenters. The summed E-state index contributed by atoms with van der Waals surface area (Å²) in [4.78, 5) is 23.7. The van der Waals surface area contributed by atoms with Crippen LogP contribution < -0.4 is 19.1 Å². The number of aromatic nitrogens is 2. The number of carbonyl (C=O) groups excluding carboxylic acids is 1. The fourth-order valence-electron chi connectivity index (χ4n) is 3.28. The molecule has 0 aliphatic carbocycles. The molecule has 0 spiro atoms. The molecule has 2 aromatic carbocycles. The van der Waals surface area contributed by atoms with Gasteiger partial charge in [-0.05, 0) is 35.9 Å². The Morgan fingerprint density at radius 1 is 1.06 bits per heavy atom. The molecule has 164 valence electrons. The van der Waals surface area contributed by atoms with Gasteiger partial charge in [0.2, 0.25) is 5.75 Å². The second-order valence-electron chi connectivity index (χ2n) is 6.75. The Balaban J connectivity index is 1.82. The summed E-state index contributed by atoms with van der Waals surface area (Å²) in [5, 5.41) is 0.368. The van der Waals surface area contributed by atoms with E-state index >= 15 is 0 Å². The minimum atomic E-state index is -0.438. The number of fused-ring (bicyclic) bond motifs is 1. The summed E-state index contributed by atoms with van der Waals surface area (Å²) >= 11 is 1.24. The van der Waals surface area contributed by atoms with Crippen molar-refractivity contribution in [3.8, 4) is 17.2 Å². The lowest BCUT2D eigenvalue weighted by molar-refractivity contribution is 0.0984. The summed E-state index contributed by atoms with van der Waals surface area (Å²) < 4.78 is 31.1. The van der Waals surface area contributed by atoms with Crippen molar-refractivity contribution in [2.24, 2.45) is 0 Å². The molecule has 7 nitrogen and oxygen atoms in total. The molecule has 0 aliphatic rings. The van der Waals surface area contributed by atoms with Gasteiger partial charge >= 0.3 is 0 Å². The molecule has 0 saturated carbocycles. The lowest BCUT2D eigenvalue weighted by Crippen LogP contribution is -2.30. The van der Waals surface area contributed by atoms with Crippen molar-refractivity contribution < 1.29 is 23.4 Å². The number of pyridine rings is 1. The maximum Gasteiger partial charge on any atom is 0.260 e. The highest BCUT2D eigenvalue weighted by Gasteiger charge is 2.25. The zero-order valence-electron chi connectivity index (χ0n) is 17.7. The lowest BCUT2D eigenvalue weighted by atomic mass is 10.1. The molecule has 0 saturated heterocycles. The Morgan fingerprint density at radius 2 is 1.81 bits per heavy atom. The zero-order valence-corrected chi connectivity index (χ0v) is 18.5. The summed E-state index contributed by atoms with van der Waals surface area (Å²) in [6.07, 6.45) is 3.32. The molecule has 4 rings (SSSR count). The maximum atomic E-state index is 14.3. The van der Waals surface area contributed by atoms with Crippen LogP contribution in [0.1, 0.15) is 15.9 Å². The molecule has 2 aromatic heterocycles. The number of thiazole rings is 1. The van der Waals surface area contributed by atoms with E-state index in [0.717, 1.165) is 5.56 Å². The minimum absolute atomic E-state index is 0.199. The number of benzene rings is 2. The minimum Gasteiger partial charge on any atom is -0.493 e. The summed E-state index contributed by atoms with van der Waals surface area (Å²) in [6.45, 7) is 0.199. The van der Waals surface area contributed by atoms with E-state index in [0.29, 0.717) is 32.6 Å². The van der Waals surface area contributed by atoms with Crippen LogP contribution in [0.3, 0.4) is 0 Å². The van der Waals surface area contributed by atoms with E-state index in [1.165, 1.54) is 43.6 Å². The van der Waals surface area contributed by atoms with Crippen LogP contribution >= 0.6 is 11.3 Å². The Hall–Kier alpha value is -3.72. The smallest absolute Gasteiger partial charge is 0.260 e. The molecule has 2 heterocycles. The number of methoxy groups -OCH3 is 3. The van der Waals surface area contributed by atoms with E-state index in [9.17, 15) is 9.18 Å². The molecule has 9 heteroatoms. The number of nitrogens with zero attached hydrogens (tertiary/aromatic N) is 3. The third-order valence-corrected chi connectivity index (χ3v) is 5.85. The molecule has 4 aromatic rings. The normalized spacial score (nSPS) is 10.8. The molecule has 0 atom stereocenters. The Labute approximate surface area is 188 Å². The number of hydrogen-bond donors (Lipinski definition) is 0. The number of halogens is 1. The first kappa shape index (κ1) is 21.5. The molecule has 32 heavy (non-hydrogen) atoms. The van der Waals surface area contributed by atoms with Crippen LogP contribution in [0.2, 0.25) is 0 Å². The molecular weight excluding hydrogens is 433 g/mol. The monoisotopic (exact) mass is 453 g/mol. The number of ether oxygens (including phenoxy) is 3. The van der Waals surface area contributed by atoms with Crippen molar-refractivity contribution in [3.05, 3.63) is 71.8 Å². The van der Waals surface area contributed by atoms with Gasteiger partial charge in [0.1, 0.15) is 11.3 Å². The second-order valence-corrected chi connectivity index (χ2v) is 7.76. The van der Waals surface area contributed by atoms with Crippen LogP contribution in [0.5, 0.6) is 17.2 Å². The lowest BCUT2D eigenvalue weighted by Gasteiger charge is -2.21. The van der Waals surface area contributed by atoms with E-state index in [1.807, 2.05) is 6.07 Å². The van der Waals surface area contributed by atoms with E-state index in [2.05, 4.69) is 9.97 Å². The highest BCUT2D eigenvalue weighted by atomic mass is 32.1. The van der Waals surface area contributed by atoms with Crippen LogP contribution in [-0.4, -0.2) is 37.2 Å². The summed E-state index contributed by atoms with van der Waals surface area (Å²) in [7, 11) is 4.46. The molecule has 1 amide bonds. The van der Waals surface area contributed by atoms with Gasteiger partial charge in [0, 0.05) is 18.0 Å². The number of rotatable bonds is 7. The predicted molar refractivity (Wildman–Crippen MR) is 120 cm³/mol. The van der Waals surface area contributed by atoms with Crippen molar-refractivity contribution in [1.29, 1.82) is 0 Å². The van der Waals surface area contributed by atoms with Crippen LogP contribution in [0, 0.1) is 5.82 Å². The van der Waals surface area contributed by atoms with Crippen molar-refractivity contribution >= 4 is 32.6 Å². The van der Waals surface area contributed by atoms with Gasteiger partial charge in [0.25, 0.3) is 5.91 Å². The van der Waals surface area contributed by atoms with E-state index < -0.39 is 5.82 Å². The van der Waals surface area contributed by atoms with Gasteiger partial charge in [-0.3, -0.25) is 14.7 Å². The number of amides is 1. The quantitative estimate of drug-likeness (QED) is 0.404. The summed E-state index contributed by atoms with van der Waals surface area (Å²) in [5.74, 6) is 0.297. The SMILES string of the molecule is COc1cc(C(=O)N(Cc2cccnc2)c2nc3c(F)cccc3s2)cc(OC)c1OC. The predicted octanol–water partition coefficient (Wildman–Crippen LogP) is 4.70. The standard InChI is InChI=1S/C23H20FN3O4S/c1-29-17-10-15(11-18(30-2)21(17)31-3)22(28)27(13-14-6-5-9-25-12-14)23-26-20-16(24)7-4-8-19(20)32-23/h4-12H,13H2,1-3H3. The van der Waals surface area contributed by atoms with Crippen molar-refractivity contribution in [2.75, 3.05) is 26.2 Å². The molecule has 0 radical (unpaired) electrons. The van der Waals surface area contributed by atoms with Gasteiger partial charge in [-0.2, -0.15) is 0 Å². The number of hydrogen-bond acceptors (Lipinski definition) is 7. The first-order valence-electron chi connectivity index (χ1n) is 9.61. The highest BCUT2D eigenvalue weighted by Crippen LogP contribution is 2.39. The molecule has 0 aliphatic heterocycles. The van der Waals surface area contributed by atoms with Gasteiger partial charge in [-0.1, -0.05) is 23.5 Å². The fourth-order valence-corrected chi connectivity index (χ4v) is 4.26. The first-order valence-corrected chi connectivity index (χ1v) is 10.4. The molecular formula is C23H20FN3O4S.